The van der Waals surface area contributed by atoms with Gasteiger partial charge in [-0.2, -0.15) is 0 Å². The van der Waals surface area contributed by atoms with Gasteiger partial charge in [-0.05, 0) is 98.3 Å². The topological polar surface area (TPSA) is 9.23 Å². The third-order valence-electron chi connectivity index (χ3n) is 7.06. The lowest BCUT2D eigenvalue weighted by Gasteiger charge is -2.28. The van der Waals surface area contributed by atoms with Gasteiger partial charge < -0.3 is 4.74 Å². The van der Waals surface area contributed by atoms with E-state index in [0.717, 1.165) is 36.5 Å². The van der Waals surface area contributed by atoms with Crippen molar-refractivity contribution in [2.24, 2.45) is 5.92 Å². The molecular formula is C30H35FO. The number of benzene rings is 3. The summed E-state index contributed by atoms with van der Waals surface area (Å²) in [6.45, 7) is 6.20. The Balaban J connectivity index is 1.34. The molecule has 3 aromatic rings. The van der Waals surface area contributed by atoms with Crippen LogP contribution in [0.5, 0.6) is 5.75 Å². The zero-order valence-electron chi connectivity index (χ0n) is 19.3. The predicted octanol–water partition coefficient (Wildman–Crippen LogP) is 8.40. The van der Waals surface area contributed by atoms with Crippen LogP contribution in [0.4, 0.5) is 4.39 Å². The van der Waals surface area contributed by atoms with Crippen molar-refractivity contribution in [1.29, 1.82) is 0 Å². The van der Waals surface area contributed by atoms with Crippen molar-refractivity contribution >= 4 is 10.8 Å². The molecule has 0 atom stereocenters. The molecule has 1 saturated carbocycles. The van der Waals surface area contributed by atoms with E-state index in [1.54, 1.807) is 6.07 Å². The molecule has 32 heavy (non-hydrogen) atoms. The van der Waals surface area contributed by atoms with Gasteiger partial charge in [-0.25, -0.2) is 4.39 Å². The molecular weight excluding hydrogens is 395 g/mol. The van der Waals surface area contributed by atoms with E-state index in [0.29, 0.717) is 17.7 Å². The minimum absolute atomic E-state index is 0.263. The van der Waals surface area contributed by atoms with Gasteiger partial charge in [0.25, 0.3) is 0 Å². The Hall–Kier alpha value is -2.61. The maximum absolute atomic E-state index is 14.6. The van der Waals surface area contributed by atoms with Gasteiger partial charge in [0, 0.05) is 5.39 Å². The van der Waals surface area contributed by atoms with Crippen LogP contribution >= 0.6 is 0 Å². The number of allylic oxidation sites excluding steroid dienone is 1. The molecule has 1 aliphatic carbocycles. The summed E-state index contributed by atoms with van der Waals surface area (Å²) < 4.78 is 20.0. The molecule has 0 N–H and O–H groups in total. The first-order valence-electron chi connectivity index (χ1n) is 12.2. The van der Waals surface area contributed by atoms with E-state index in [1.807, 2.05) is 25.1 Å². The predicted molar refractivity (Wildman–Crippen MR) is 133 cm³/mol. The fourth-order valence-corrected chi connectivity index (χ4v) is 5.13. The molecule has 0 spiro atoms. The van der Waals surface area contributed by atoms with Crippen molar-refractivity contribution < 1.29 is 9.13 Å². The van der Waals surface area contributed by atoms with Crippen LogP contribution < -0.4 is 4.74 Å². The lowest BCUT2D eigenvalue weighted by Crippen LogP contribution is -2.13. The summed E-state index contributed by atoms with van der Waals surface area (Å²) in [6, 6.07) is 19.0. The minimum Gasteiger partial charge on any atom is -0.491 e. The van der Waals surface area contributed by atoms with E-state index in [9.17, 15) is 4.39 Å². The van der Waals surface area contributed by atoms with Gasteiger partial charge in [-0.1, -0.05) is 54.6 Å². The smallest absolute Gasteiger partial charge is 0.172 e. The first kappa shape index (κ1) is 22.6. The number of halogens is 1. The van der Waals surface area contributed by atoms with E-state index in [4.69, 9.17) is 4.74 Å². The molecule has 0 saturated heterocycles. The van der Waals surface area contributed by atoms with Crippen LogP contribution in [0, 0.1) is 11.7 Å². The van der Waals surface area contributed by atoms with E-state index in [-0.39, 0.29) is 5.82 Å². The molecule has 0 amide bonds. The van der Waals surface area contributed by atoms with Gasteiger partial charge in [0.15, 0.2) is 11.6 Å². The van der Waals surface area contributed by atoms with E-state index in [1.165, 1.54) is 48.8 Å². The third kappa shape index (κ3) is 5.41. The van der Waals surface area contributed by atoms with Crippen LogP contribution in [0.2, 0.25) is 0 Å². The zero-order valence-corrected chi connectivity index (χ0v) is 19.3. The Morgan fingerprint density at radius 1 is 0.938 bits per heavy atom. The SMILES string of the molecule is C=CCCC1CCC(c2ccc(CCc3ccc4c(F)c(OCC)ccc4c3)cc2)CC1. The summed E-state index contributed by atoms with van der Waals surface area (Å²) in [4.78, 5) is 0. The quantitative estimate of drug-likeness (QED) is 0.310. The molecule has 0 radical (unpaired) electrons. The van der Waals surface area contributed by atoms with Gasteiger partial charge >= 0.3 is 0 Å². The van der Waals surface area contributed by atoms with Crippen LogP contribution in [-0.2, 0) is 12.8 Å². The summed E-state index contributed by atoms with van der Waals surface area (Å²) >= 11 is 0. The summed E-state index contributed by atoms with van der Waals surface area (Å²) in [5.74, 6) is 1.69. The molecule has 168 valence electrons. The molecule has 3 aromatic carbocycles. The Bertz CT molecular complexity index is 1030. The Morgan fingerprint density at radius 3 is 2.38 bits per heavy atom. The van der Waals surface area contributed by atoms with Crippen LogP contribution in [0.25, 0.3) is 10.8 Å². The molecule has 1 aliphatic rings. The molecule has 0 heterocycles. The molecule has 0 bridgehead atoms. The number of hydrogen-bond donors (Lipinski definition) is 0. The summed E-state index contributed by atoms with van der Waals surface area (Å²) in [5, 5.41) is 1.56. The number of fused-ring (bicyclic) bond motifs is 1. The van der Waals surface area contributed by atoms with Gasteiger partial charge in [0.1, 0.15) is 0 Å². The Kier molecular flexibility index (Phi) is 7.63. The number of aryl methyl sites for hydroxylation is 2. The second-order valence-corrected chi connectivity index (χ2v) is 9.19. The van der Waals surface area contributed by atoms with Crippen molar-refractivity contribution in [1.82, 2.24) is 0 Å². The second kappa shape index (κ2) is 10.8. The van der Waals surface area contributed by atoms with Crippen LogP contribution in [-0.4, -0.2) is 6.61 Å². The Labute approximate surface area is 192 Å². The lowest BCUT2D eigenvalue weighted by molar-refractivity contribution is 0.312. The van der Waals surface area contributed by atoms with Crippen LogP contribution in [0.15, 0.2) is 67.3 Å². The van der Waals surface area contributed by atoms with Crippen molar-refractivity contribution in [3.8, 4) is 5.75 Å². The highest BCUT2D eigenvalue weighted by Crippen LogP contribution is 2.37. The maximum Gasteiger partial charge on any atom is 0.172 e. The van der Waals surface area contributed by atoms with Gasteiger partial charge in [-0.3, -0.25) is 0 Å². The highest BCUT2D eigenvalue weighted by Gasteiger charge is 2.21. The molecule has 0 aliphatic heterocycles. The van der Waals surface area contributed by atoms with Crippen molar-refractivity contribution in [3.63, 3.8) is 0 Å². The molecule has 4 rings (SSSR count). The van der Waals surface area contributed by atoms with E-state index >= 15 is 0 Å². The highest BCUT2D eigenvalue weighted by molar-refractivity contribution is 5.85. The van der Waals surface area contributed by atoms with Crippen molar-refractivity contribution in [3.05, 3.63) is 89.8 Å². The fraction of sp³-hybridized carbons (Fsp3) is 0.400. The van der Waals surface area contributed by atoms with E-state index < -0.39 is 0 Å². The van der Waals surface area contributed by atoms with Gasteiger partial charge in [-0.15, -0.1) is 6.58 Å². The summed E-state index contributed by atoms with van der Waals surface area (Å²) in [6.07, 6.45) is 11.8. The summed E-state index contributed by atoms with van der Waals surface area (Å²) in [5.41, 5.74) is 4.11. The zero-order chi connectivity index (χ0) is 22.3. The fourth-order valence-electron chi connectivity index (χ4n) is 5.13. The van der Waals surface area contributed by atoms with Crippen LogP contribution in [0.3, 0.4) is 0 Å². The highest BCUT2D eigenvalue weighted by atomic mass is 19.1. The largest absolute Gasteiger partial charge is 0.491 e. The van der Waals surface area contributed by atoms with Crippen LogP contribution in [0.1, 0.15) is 68.1 Å². The number of ether oxygens (including phenoxy) is 1. The molecule has 0 unspecified atom stereocenters. The monoisotopic (exact) mass is 430 g/mol. The van der Waals surface area contributed by atoms with Crippen molar-refractivity contribution in [2.45, 2.75) is 64.2 Å². The van der Waals surface area contributed by atoms with E-state index in [2.05, 4.69) is 43.0 Å². The lowest BCUT2D eigenvalue weighted by atomic mass is 9.77. The number of hydrogen-bond acceptors (Lipinski definition) is 1. The Morgan fingerprint density at radius 2 is 1.66 bits per heavy atom. The second-order valence-electron chi connectivity index (χ2n) is 9.19. The molecule has 2 heteroatoms. The molecule has 1 fully saturated rings. The minimum atomic E-state index is -0.263. The average Bonchev–Trinajstić information content (AvgIpc) is 2.84. The number of rotatable bonds is 9. The third-order valence-corrected chi connectivity index (χ3v) is 7.06. The first-order chi connectivity index (χ1) is 15.7. The molecule has 1 nitrogen and oxygen atoms in total. The average molecular weight is 431 g/mol. The normalized spacial score (nSPS) is 18.6. The first-order valence-corrected chi connectivity index (χ1v) is 12.2. The van der Waals surface area contributed by atoms with Gasteiger partial charge in [0.2, 0.25) is 0 Å². The summed E-state index contributed by atoms with van der Waals surface area (Å²) in [7, 11) is 0. The maximum atomic E-state index is 14.6. The standard InChI is InChI=1S/C30H35FO/c1-3-5-6-22-9-14-25(15-10-22)26-16-11-23(12-17-26)7-8-24-13-19-28-27(21-24)18-20-29(30(28)31)32-4-2/h3,11-13,16-22,25H,1,4-10,14-15H2,2H3. The molecule has 0 aromatic heterocycles. The van der Waals surface area contributed by atoms with Crippen molar-refractivity contribution in [2.75, 3.05) is 6.61 Å². The van der Waals surface area contributed by atoms with Gasteiger partial charge in [0.05, 0.1) is 6.61 Å².